The lowest BCUT2D eigenvalue weighted by molar-refractivity contribution is 0.541. The average molecular weight is 414 g/mol. The van der Waals surface area contributed by atoms with E-state index in [1.807, 2.05) is 0 Å². The van der Waals surface area contributed by atoms with E-state index < -0.39 is 0 Å². The van der Waals surface area contributed by atoms with Crippen molar-refractivity contribution >= 4 is 22.6 Å². The molecule has 0 aromatic heterocycles. The molecular weight excluding hydrogens is 379 g/mol. The third-order valence-electron chi connectivity index (χ3n) is 4.41. The molecule has 0 aliphatic rings. The maximum atomic E-state index is 2.54. The van der Waals surface area contributed by atoms with Crippen molar-refractivity contribution in [3.8, 4) is 0 Å². The van der Waals surface area contributed by atoms with Crippen LogP contribution in [0.2, 0.25) is 0 Å². The summed E-state index contributed by atoms with van der Waals surface area (Å²) in [6.07, 6.45) is 18.5. The Balaban J connectivity index is 1.75. The van der Waals surface area contributed by atoms with Gasteiger partial charge in [0, 0.05) is 3.92 Å². The van der Waals surface area contributed by atoms with Gasteiger partial charge < -0.3 is 0 Å². The number of hydrogen-bond donors (Lipinski definition) is 0. The molecule has 0 saturated carbocycles. The Kier molecular flexibility index (Phi) is 13.2. The summed E-state index contributed by atoms with van der Waals surface area (Å²) in [5.41, 5.74) is 1.50. The summed E-state index contributed by atoms with van der Waals surface area (Å²) in [6.45, 7) is 2.32. The van der Waals surface area contributed by atoms with Gasteiger partial charge in [-0.3, -0.25) is 0 Å². The molecule has 0 radical (unpaired) electrons. The molecule has 0 N–H and O–H groups in total. The molecule has 0 spiro atoms. The van der Waals surface area contributed by atoms with E-state index in [1.54, 1.807) is 0 Å². The molecule has 1 heteroatoms. The third-order valence-corrected chi connectivity index (χ3v) is 5.03. The summed E-state index contributed by atoms with van der Waals surface area (Å²) < 4.78 is 0.861. The van der Waals surface area contributed by atoms with Crippen molar-refractivity contribution in [1.82, 2.24) is 0 Å². The molecule has 0 nitrogen and oxygen atoms in total. The first-order chi connectivity index (χ1) is 10.8. The Morgan fingerprint density at radius 3 is 1.64 bits per heavy atom. The van der Waals surface area contributed by atoms with Crippen molar-refractivity contribution in [1.29, 1.82) is 0 Å². The Morgan fingerprint density at radius 1 is 0.682 bits per heavy atom. The van der Waals surface area contributed by atoms with Crippen LogP contribution in [0.4, 0.5) is 0 Å². The smallest absolute Gasteiger partial charge is 0.00813 e. The number of aryl methyl sites for hydroxylation is 1. The van der Waals surface area contributed by atoms with Crippen LogP contribution in [-0.2, 0) is 6.42 Å². The van der Waals surface area contributed by atoms with E-state index in [-0.39, 0.29) is 0 Å². The van der Waals surface area contributed by atoms with Crippen LogP contribution in [0.3, 0.4) is 0 Å². The molecule has 0 heterocycles. The van der Waals surface area contributed by atoms with E-state index in [0.29, 0.717) is 0 Å². The third kappa shape index (κ3) is 12.5. The van der Waals surface area contributed by atoms with Gasteiger partial charge in [0.1, 0.15) is 0 Å². The number of halogens is 1. The van der Waals surface area contributed by atoms with Crippen LogP contribution in [0.25, 0.3) is 0 Å². The normalized spacial score (nSPS) is 12.5. The Labute approximate surface area is 152 Å². The van der Waals surface area contributed by atoms with Gasteiger partial charge >= 0.3 is 0 Å². The standard InChI is InChI=1S/C21H35I/c1-20(22)16-12-9-7-5-3-2-4-6-8-10-13-17-21-18-14-11-15-19-21/h11,14-15,18-20H,2-10,12-13,16-17H2,1H3. The van der Waals surface area contributed by atoms with Crippen LogP contribution < -0.4 is 0 Å². The molecule has 1 rings (SSSR count). The predicted octanol–water partition coefficient (Wildman–Crippen LogP) is 7.73. The van der Waals surface area contributed by atoms with Gasteiger partial charge in [0.05, 0.1) is 0 Å². The van der Waals surface area contributed by atoms with Crippen LogP contribution in [0.5, 0.6) is 0 Å². The molecule has 126 valence electrons. The lowest BCUT2D eigenvalue weighted by atomic mass is 10.0. The highest BCUT2D eigenvalue weighted by Crippen LogP contribution is 2.15. The summed E-state index contributed by atoms with van der Waals surface area (Å²) in [6, 6.07) is 10.9. The minimum atomic E-state index is 0.861. The van der Waals surface area contributed by atoms with Crippen molar-refractivity contribution in [2.24, 2.45) is 0 Å². The van der Waals surface area contributed by atoms with Gasteiger partial charge in [-0.2, -0.15) is 0 Å². The lowest BCUT2D eigenvalue weighted by Crippen LogP contribution is -1.89. The first kappa shape index (κ1) is 20.0. The monoisotopic (exact) mass is 414 g/mol. The van der Waals surface area contributed by atoms with Crippen LogP contribution in [0.15, 0.2) is 30.3 Å². The van der Waals surface area contributed by atoms with E-state index in [9.17, 15) is 0 Å². The first-order valence-corrected chi connectivity index (χ1v) is 10.7. The van der Waals surface area contributed by atoms with Gasteiger partial charge in [0.25, 0.3) is 0 Å². The highest BCUT2D eigenvalue weighted by atomic mass is 127. The fourth-order valence-corrected chi connectivity index (χ4v) is 3.43. The molecule has 1 aromatic rings. The number of unbranched alkanes of at least 4 members (excludes halogenated alkanes) is 10. The molecule has 0 saturated heterocycles. The highest BCUT2D eigenvalue weighted by molar-refractivity contribution is 14.1. The Hall–Kier alpha value is -0.0500. The van der Waals surface area contributed by atoms with E-state index in [4.69, 9.17) is 0 Å². The van der Waals surface area contributed by atoms with Crippen LogP contribution in [-0.4, -0.2) is 3.92 Å². The van der Waals surface area contributed by atoms with Gasteiger partial charge in [0.15, 0.2) is 0 Å². The quantitative estimate of drug-likeness (QED) is 0.166. The van der Waals surface area contributed by atoms with E-state index in [0.717, 1.165) is 3.92 Å². The zero-order valence-corrected chi connectivity index (χ0v) is 16.7. The largest absolute Gasteiger partial charge is 0.0829 e. The van der Waals surface area contributed by atoms with Crippen molar-refractivity contribution in [2.45, 2.75) is 94.3 Å². The molecule has 0 bridgehead atoms. The minimum Gasteiger partial charge on any atom is -0.0829 e. The number of benzene rings is 1. The molecule has 0 aliphatic carbocycles. The van der Waals surface area contributed by atoms with Crippen LogP contribution >= 0.6 is 22.6 Å². The second-order valence-corrected chi connectivity index (χ2v) is 8.82. The van der Waals surface area contributed by atoms with E-state index >= 15 is 0 Å². The summed E-state index contributed by atoms with van der Waals surface area (Å²) in [5, 5.41) is 0. The Bertz CT molecular complexity index is 331. The average Bonchev–Trinajstić information content (AvgIpc) is 2.52. The predicted molar refractivity (Wildman–Crippen MR) is 109 cm³/mol. The maximum absolute atomic E-state index is 2.54. The molecule has 1 aromatic carbocycles. The second kappa shape index (κ2) is 14.5. The van der Waals surface area contributed by atoms with Gasteiger partial charge in [-0.25, -0.2) is 0 Å². The summed E-state index contributed by atoms with van der Waals surface area (Å²) >= 11 is 2.54. The molecule has 0 amide bonds. The number of hydrogen-bond acceptors (Lipinski definition) is 0. The summed E-state index contributed by atoms with van der Waals surface area (Å²) in [7, 11) is 0. The van der Waals surface area contributed by atoms with Gasteiger partial charge in [-0.05, 0) is 24.8 Å². The molecule has 0 aliphatic heterocycles. The number of rotatable bonds is 14. The SMILES string of the molecule is CC(I)CCCCCCCCCCCCCc1ccccc1. The maximum Gasteiger partial charge on any atom is 0.00813 e. The summed E-state index contributed by atoms with van der Waals surface area (Å²) in [4.78, 5) is 0. The zero-order valence-electron chi connectivity index (χ0n) is 14.5. The van der Waals surface area contributed by atoms with Gasteiger partial charge in [-0.15, -0.1) is 0 Å². The lowest BCUT2D eigenvalue weighted by Gasteiger charge is -2.04. The van der Waals surface area contributed by atoms with E-state index in [2.05, 4.69) is 59.8 Å². The molecule has 1 unspecified atom stereocenters. The topological polar surface area (TPSA) is 0 Å². The molecular formula is C21H35I. The van der Waals surface area contributed by atoms with Crippen LogP contribution in [0, 0.1) is 0 Å². The van der Waals surface area contributed by atoms with Gasteiger partial charge in [-0.1, -0.05) is 124 Å². The Morgan fingerprint density at radius 2 is 1.14 bits per heavy atom. The van der Waals surface area contributed by atoms with Crippen LogP contribution in [0.1, 0.15) is 89.5 Å². The first-order valence-electron chi connectivity index (χ1n) is 9.47. The van der Waals surface area contributed by atoms with Gasteiger partial charge in [0.2, 0.25) is 0 Å². The van der Waals surface area contributed by atoms with Crippen molar-refractivity contribution < 1.29 is 0 Å². The summed E-state index contributed by atoms with van der Waals surface area (Å²) in [5.74, 6) is 0. The van der Waals surface area contributed by atoms with Crippen molar-refractivity contribution in [3.63, 3.8) is 0 Å². The zero-order chi connectivity index (χ0) is 15.9. The fourth-order valence-electron chi connectivity index (χ4n) is 2.99. The number of alkyl halides is 1. The van der Waals surface area contributed by atoms with E-state index in [1.165, 1.54) is 89.0 Å². The second-order valence-electron chi connectivity index (χ2n) is 6.69. The van der Waals surface area contributed by atoms with Crippen molar-refractivity contribution in [2.75, 3.05) is 0 Å². The molecule has 0 fully saturated rings. The highest BCUT2D eigenvalue weighted by Gasteiger charge is 1.97. The van der Waals surface area contributed by atoms with Crippen molar-refractivity contribution in [3.05, 3.63) is 35.9 Å². The minimum absolute atomic E-state index is 0.861. The molecule has 1 atom stereocenters. The molecule has 22 heavy (non-hydrogen) atoms. The fraction of sp³-hybridized carbons (Fsp3) is 0.714.